The molecule has 6 heteroatoms. The normalized spacial score (nSPS) is 17.9. The van der Waals surface area contributed by atoms with Gasteiger partial charge in [-0.05, 0) is 63.5 Å². The molecule has 0 saturated carbocycles. The van der Waals surface area contributed by atoms with Gasteiger partial charge in [-0.3, -0.25) is 9.69 Å². The lowest BCUT2D eigenvalue weighted by atomic mass is 9.94. The Labute approximate surface area is 243 Å². The lowest BCUT2D eigenvalue weighted by molar-refractivity contribution is 0.0877. The third-order valence-electron chi connectivity index (χ3n) is 8.80. The molecule has 2 aliphatic rings. The molecule has 6 rings (SSSR count). The van der Waals surface area contributed by atoms with Crippen molar-refractivity contribution in [1.29, 1.82) is 0 Å². The number of carbonyl (C=O) groups excluding carboxylic acids is 1. The fraction of sp³-hybridized carbons (Fsp3) is 0.371. The highest BCUT2D eigenvalue weighted by Crippen LogP contribution is 2.33. The van der Waals surface area contributed by atoms with Crippen LogP contribution in [0.5, 0.6) is 0 Å². The molecule has 3 aromatic carbocycles. The molecule has 0 spiro atoms. The van der Waals surface area contributed by atoms with Crippen molar-refractivity contribution < 1.29 is 9.90 Å². The highest BCUT2D eigenvalue weighted by Gasteiger charge is 2.29. The summed E-state index contributed by atoms with van der Waals surface area (Å²) in [4.78, 5) is 24.6. The topological polar surface area (TPSA) is 68.7 Å². The zero-order chi connectivity index (χ0) is 28.0. The molecular weight excluding hydrogens is 508 g/mol. The quantitative estimate of drug-likeness (QED) is 0.291. The van der Waals surface area contributed by atoms with Gasteiger partial charge in [-0.2, -0.15) is 0 Å². The van der Waals surface area contributed by atoms with Crippen molar-refractivity contribution >= 4 is 16.8 Å². The van der Waals surface area contributed by atoms with Crippen molar-refractivity contribution in [2.45, 2.75) is 50.7 Å². The van der Waals surface area contributed by atoms with E-state index in [0.717, 1.165) is 59.2 Å². The molecule has 0 bridgehead atoms. The Bertz CT molecular complexity index is 1450. The fourth-order valence-electron chi connectivity index (χ4n) is 6.60. The lowest BCUT2D eigenvalue weighted by Gasteiger charge is -2.40. The highest BCUT2D eigenvalue weighted by molar-refractivity contribution is 6.09. The van der Waals surface area contributed by atoms with Crippen LogP contribution in [0.1, 0.15) is 59.6 Å². The van der Waals surface area contributed by atoms with Crippen LogP contribution in [0.4, 0.5) is 0 Å². The average molecular weight is 549 g/mol. The van der Waals surface area contributed by atoms with E-state index in [4.69, 9.17) is 4.98 Å². The van der Waals surface area contributed by atoms with Crippen LogP contribution in [-0.2, 0) is 6.54 Å². The van der Waals surface area contributed by atoms with Gasteiger partial charge in [-0.15, -0.1) is 0 Å². The van der Waals surface area contributed by atoms with Gasteiger partial charge in [0.15, 0.2) is 0 Å². The molecule has 1 amide bonds. The predicted molar refractivity (Wildman–Crippen MR) is 165 cm³/mol. The molecular formula is C35H40N4O2. The number of fused-ring (bicyclic) bond motifs is 1. The van der Waals surface area contributed by atoms with Crippen molar-refractivity contribution in [1.82, 2.24) is 20.1 Å². The van der Waals surface area contributed by atoms with Crippen LogP contribution >= 0.6 is 0 Å². The summed E-state index contributed by atoms with van der Waals surface area (Å²) in [6.07, 6.45) is 6.31. The number of likely N-dealkylation sites (tertiary alicyclic amines) is 2. The molecule has 0 radical (unpaired) electrons. The summed E-state index contributed by atoms with van der Waals surface area (Å²) < 4.78 is 0. The van der Waals surface area contributed by atoms with E-state index in [0.29, 0.717) is 18.2 Å². The molecule has 212 valence electrons. The van der Waals surface area contributed by atoms with E-state index >= 15 is 0 Å². The predicted octanol–water partition coefficient (Wildman–Crippen LogP) is 5.82. The fourth-order valence-corrected chi connectivity index (χ4v) is 6.60. The zero-order valence-corrected chi connectivity index (χ0v) is 23.7. The average Bonchev–Trinajstić information content (AvgIpc) is 3.04. The van der Waals surface area contributed by atoms with Gasteiger partial charge in [0.2, 0.25) is 0 Å². The molecule has 2 N–H and O–H groups in total. The van der Waals surface area contributed by atoms with Crippen molar-refractivity contribution in [3.63, 3.8) is 0 Å². The summed E-state index contributed by atoms with van der Waals surface area (Å²) in [7, 11) is 0. The van der Waals surface area contributed by atoms with Crippen LogP contribution in [0, 0.1) is 0 Å². The molecule has 0 aliphatic carbocycles. The molecule has 1 aromatic heterocycles. The SMILES string of the molecule is O=C(N[C@H](CO)c1ccccc1)c1c(CN2CCC(N3CCCCC3)CC2)c(-c2ccccc2)nc2ccccc12. The maximum atomic E-state index is 14.2. The summed E-state index contributed by atoms with van der Waals surface area (Å²) in [5, 5.41) is 14.2. The summed E-state index contributed by atoms with van der Waals surface area (Å²) in [5.74, 6) is -0.179. The maximum absolute atomic E-state index is 14.2. The Morgan fingerprint density at radius 1 is 0.854 bits per heavy atom. The van der Waals surface area contributed by atoms with Gasteiger partial charge in [-0.25, -0.2) is 4.98 Å². The monoisotopic (exact) mass is 548 g/mol. The largest absolute Gasteiger partial charge is 0.394 e. The second kappa shape index (κ2) is 12.9. The minimum absolute atomic E-state index is 0.177. The molecule has 0 unspecified atom stereocenters. The maximum Gasteiger partial charge on any atom is 0.252 e. The zero-order valence-electron chi connectivity index (χ0n) is 23.7. The number of aliphatic hydroxyl groups is 1. The van der Waals surface area contributed by atoms with E-state index in [-0.39, 0.29) is 12.5 Å². The number of aliphatic hydroxyl groups excluding tert-OH is 1. The number of benzene rings is 3. The van der Waals surface area contributed by atoms with Crippen LogP contribution in [0.15, 0.2) is 84.9 Å². The number of pyridine rings is 1. The first-order valence-electron chi connectivity index (χ1n) is 15.1. The summed E-state index contributed by atoms with van der Waals surface area (Å²) >= 11 is 0. The smallest absolute Gasteiger partial charge is 0.252 e. The van der Waals surface area contributed by atoms with Gasteiger partial charge >= 0.3 is 0 Å². The van der Waals surface area contributed by atoms with Gasteiger partial charge in [0.25, 0.3) is 5.91 Å². The number of nitrogens with zero attached hydrogens (tertiary/aromatic N) is 3. The van der Waals surface area contributed by atoms with Gasteiger partial charge in [0.05, 0.1) is 29.4 Å². The van der Waals surface area contributed by atoms with Crippen molar-refractivity contribution in [3.05, 3.63) is 102 Å². The number of carbonyl (C=O) groups is 1. The van der Waals surface area contributed by atoms with Gasteiger partial charge < -0.3 is 15.3 Å². The van der Waals surface area contributed by atoms with E-state index in [2.05, 4.69) is 27.2 Å². The number of rotatable bonds is 8. The number of hydrogen-bond acceptors (Lipinski definition) is 5. The Hall–Kier alpha value is -3.58. The molecule has 6 nitrogen and oxygen atoms in total. The first-order chi connectivity index (χ1) is 20.2. The lowest BCUT2D eigenvalue weighted by Crippen LogP contribution is -2.46. The van der Waals surface area contributed by atoms with E-state index in [9.17, 15) is 9.90 Å². The third-order valence-corrected chi connectivity index (χ3v) is 8.80. The van der Waals surface area contributed by atoms with Crippen LogP contribution in [0.2, 0.25) is 0 Å². The number of nitrogens with one attached hydrogen (secondary N) is 1. The van der Waals surface area contributed by atoms with E-state index < -0.39 is 6.04 Å². The first kappa shape index (κ1) is 27.6. The number of amides is 1. The van der Waals surface area contributed by atoms with E-state index in [1.807, 2.05) is 72.8 Å². The Balaban J connectivity index is 1.37. The Morgan fingerprint density at radius 3 is 2.22 bits per heavy atom. The van der Waals surface area contributed by atoms with Crippen LogP contribution in [0.3, 0.4) is 0 Å². The molecule has 2 fully saturated rings. The first-order valence-corrected chi connectivity index (χ1v) is 15.1. The summed E-state index contributed by atoms with van der Waals surface area (Å²) in [6, 6.07) is 28.0. The van der Waals surface area contributed by atoms with Crippen molar-refractivity contribution in [3.8, 4) is 11.3 Å². The Kier molecular flexibility index (Phi) is 8.71. The van der Waals surface area contributed by atoms with Crippen LogP contribution < -0.4 is 5.32 Å². The Morgan fingerprint density at radius 2 is 1.51 bits per heavy atom. The number of aromatic nitrogens is 1. The molecule has 4 aromatic rings. The number of piperidine rings is 2. The minimum Gasteiger partial charge on any atom is -0.394 e. The standard InChI is InChI=1S/C35H40N4O2/c40-25-32(26-12-4-1-5-13-26)37-35(41)33-29-16-8-9-17-31(29)36-34(27-14-6-2-7-15-27)30(33)24-38-22-18-28(19-23-38)39-20-10-3-11-21-39/h1-2,4-9,12-17,28,32,40H,3,10-11,18-25H2,(H,37,41)/t32-/m1/s1. The summed E-state index contributed by atoms with van der Waals surface area (Å²) in [5.41, 5.74) is 5.14. The van der Waals surface area contributed by atoms with E-state index in [1.54, 1.807) is 0 Å². The molecule has 1 atom stereocenters. The molecule has 2 saturated heterocycles. The van der Waals surface area contributed by atoms with Gasteiger partial charge in [-0.1, -0.05) is 85.3 Å². The van der Waals surface area contributed by atoms with Crippen LogP contribution in [-0.4, -0.2) is 64.6 Å². The molecule has 3 heterocycles. The van der Waals surface area contributed by atoms with Crippen molar-refractivity contribution in [2.24, 2.45) is 0 Å². The second-order valence-electron chi connectivity index (χ2n) is 11.4. The second-order valence-corrected chi connectivity index (χ2v) is 11.4. The van der Waals surface area contributed by atoms with Crippen molar-refractivity contribution in [2.75, 3.05) is 32.8 Å². The van der Waals surface area contributed by atoms with E-state index in [1.165, 1.54) is 32.4 Å². The number of para-hydroxylation sites is 1. The third kappa shape index (κ3) is 6.20. The molecule has 41 heavy (non-hydrogen) atoms. The number of hydrogen-bond donors (Lipinski definition) is 2. The van der Waals surface area contributed by atoms with Gasteiger partial charge in [0, 0.05) is 29.1 Å². The summed E-state index contributed by atoms with van der Waals surface area (Å²) in [6.45, 7) is 4.96. The van der Waals surface area contributed by atoms with Gasteiger partial charge in [0.1, 0.15) is 0 Å². The minimum atomic E-state index is -0.496. The van der Waals surface area contributed by atoms with Crippen LogP contribution in [0.25, 0.3) is 22.2 Å². The molecule has 2 aliphatic heterocycles. The highest BCUT2D eigenvalue weighted by atomic mass is 16.3.